The molecular formula is C23H31IN6O. The fourth-order valence-corrected chi connectivity index (χ4v) is 3.66. The number of para-hydroxylation sites is 2. The van der Waals surface area contributed by atoms with Gasteiger partial charge in [-0.05, 0) is 23.3 Å². The molecule has 1 aliphatic rings. The van der Waals surface area contributed by atoms with Gasteiger partial charge in [0.05, 0.1) is 30.6 Å². The lowest BCUT2D eigenvalue weighted by Crippen LogP contribution is -2.44. The molecule has 4 rings (SSSR count). The Balaban J connectivity index is 0.00000272. The predicted octanol–water partition coefficient (Wildman–Crippen LogP) is 2.70. The first-order valence-electron chi connectivity index (χ1n) is 10.5. The summed E-state index contributed by atoms with van der Waals surface area (Å²) in [5.74, 6) is 0.831. The van der Waals surface area contributed by atoms with E-state index in [9.17, 15) is 0 Å². The highest BCUT2D eigenvalue weighted by atomic mass is 127. The average molecular weight is 534 g/mol. The summed E-state index contributed by atoms with van der Waals surface area (Å²) in [6.07, 6.45) is 1.91. The Labute approximate surface area is 200 Å². The Morgan fingerprint density at radius 3 is 2.55 bits per heavy atom. The first-order valence-corrected chi connectivity index (χ1v) is 10.5. The van der Waals surface area contributed by atoms with Crippen molar-refractivity contribution in [3.05, 3.63) is 66.0 Å². The number of ether oxygens (including phenoxy) is 1. The minimum absolute atomic E-state index is 0. The molecule has 0 saturated carbocycles. The second kappa shape index (κ2) is 12.0. The number of nitrogens with zero attached hydrogens (tertiary/aromatic N) is 4. The van der Waals surface area contributed by atoms with E-state index in [1.165, 1.54) is 11.1 Å². The smallest absolute Gasteiger partial charge is 0.191 e. The number of benzene rings is 2. The fourth-order valence-electron chi connectivity index (χ4n) is 3.66. The van der Waals surface area contributed by atoms with E-state index in [0.29, 0.717) is 0 Å². The van der Waals surface area contributed by atoms with Gasteiger partial charge in [0.2, 0.25) is 0 Å². The predicted molar refractivity (Wildman–Crippen MR) is 136 cm³/mol. The number of fused-ring (bicyclic) bond motifs is 1. The van der Waals surface area contributed by atoms with Crippen molar-refractivity contribution in [1.29, 1.82) is 0 Å². The number of guanidine groups is 1. The van der Waals surface area contributed by atoms with E-state index in [-0.39, 0.29) is 24.0 Å². The highest BCUT2D eigenvalue weighted by molar-refractivity contribution is 14.0. The maximum absolute atomic E-state index is 5.39. The summed E-state index contributed by atoms with van der Waals surface area (Å²) in [6.45, 7) is 7.12. The number of halogens is 1. The van der Waals surface area contributed by atoms with E-state index < -0.39 is 0 Å². The topological polar surface area (TPSA) is 66.7 Å². The van der Waals surface area contributed by atoms with Crippen LogP contribution >= 0.6 is 24.0 Å². The van der Waals surface area contributed by atoms with Crippen molar-refractivity contribution in [1.82, 2.24) is 25.1 Å². The molecule has 0 bridgehead atoms. The summed E-state index contributed by atoms with van der Waals surface area (Å²) in [7, 11) is 1.81. The lowest BCUT2D eigenvalue weighted by Gasteiger charge is -2.26. The number of nitrogens with one attached hydrogen (secondary N) is 2. The van der Waals surface area contributed by atoms with Crippen molar-refractivity contribution < 1.29 is 4.74 Å². The van der Waals surface area contributed by atoms with E-state index in [0.717, 1.165) is 69.5 Å². The van der Waals surface area contributed by atoms with Crippen LogP contribution in [-0.4, -0.2) is 66.9 Å². The number of hydrogen-bond acceptors (Lipinski definition) is 4. The highest BCUT2D eigenvalue weighted by Gasteiger charge is 2.09. The SMILES string of the molecule is CN=C(NCCN1CCOCC1)NCc1ccc(Cn2cnc3ccccc32)cc1.I. The van der Waals surface area contributed by atoms with E-state index >= 15 is 0 Å². The zero-order chi connectivity index (χ0) is 20.6. The molecular weight excluding hydrogens is 503 g/mol. The summed E-state index contributed by atoms with van der Waals surface area (Å²) in [6, 6.07) is 16.9. The van der Waals surface area contributed by atoms with Gasteiger partial charge in [-0.1, -0.05) is 36.4 Å². The lowest BCUT2D eigenvalue weighted by atomic mass is 10.1. The van der Waals surface area contributed by atoms with Crippen LogP contribution in [0.15, 0.2) is 59.9 Å². The van der Waals surface area contributed by atoms with Gasteiger partial charge < -0.3 is 19.9 Å². The van der Waals surface area contributed by atoms with Crippen molar-refractivity contribution >= 4 is 41.0 Å². The van der Waals surface area contributed by atoms with Gasteiger partial charge in [0.25, 0.3) is 0 Å². The molecule has 1 saturated heterocycles. The van der Waals surface area contributed by atoms with E-state index in [1.807, 2.05) is 25.5 Å². The monoisotopic (exact) mass is 534 g/mol. The average Bonchev–Trinajstić information content (AvgIpc) is 3.20. The molecule has 1 fully saturated rings. The highest BCUT2D eigenvalue weighted by Crippen LogP contribution is 2.14. The van der Waals surface area contributed by atoms with Crippen LogP contribution < -0.4 is 10.6 Å². The number of aromatic nitrogens is 2. The van der Waals surface area contributed by atoms with Gasteiger partial charge in [-0.25, -0.2) is 4.98 Å². The number of aliphatic imine (C=N–C) groups is 1. The zero-order valence-corrected chi connectivity index (χ0v) is 20.3. The Bertz CT molecular complexity index is 966. The molecule has 0 atom stereocenters. The number of morpholine rings is 1. The zero-order valence-electron chi connectivity index (χ0n) is 18.0. The summed E-state index contributed by atoms with van der Waals surface area (Å²) in [5.41, 5.74) is 4.68. The third-order valence-electron chi connectivity index (χ3n) is 5.41. The standard InChI is InChI=1S/C23H30N6O.HI/c1-24-23(25-10-11-28-12-14-30-15-13-28)26-16-19-6-8-20(9-7-19)17-29-18-27-21-4-2-3-5-22(21)29;/h2-9,18H,10-17H2,1H3,(H2,24,25,26);1H. The number of rotatable bonds is 7. The van der Waals surface area contributed by atoms with E-state index in [4.69, 9.17) is 4.74 Å². The maximum Gasteiger partial charge on any atom is 0.191 e. The third kappa shape index (κ3) is 6.65. The van der Waals surface area contributed by atoms with Crippen molar-refractivity contribution in [3.8, 4) is 0 Å². The number of imidazole rings is 1. The van der Waals surface area contributed by atoms with Crippen LogP contribution in [0.25, 0.3) is 11.0 Å². The summed E-state index contributed by atoms with van der Waals surface area (Å²) < 4.78 is 7.57. The molecule has 2 aromatic carbocycles. The minimum Gasteiger partial charge on any atom is -0.379 e. The van der Waals surface area contributed by atoms with Gasteiger partial charge in [-0.2, -0.15) is 0 Å². The van der Waals surface area contributed by atoms with E-state index in [1.54, 1.807) is 0 Å². The molecule has 1 aromatic heterocycles. The summed E-state index contributed by atoms with van der Waals surface area (Å²) in [4.78, 5) is 11.2. The molecule has 0 unspecified atom stereocenters. The summed E-state index contributed by atoms with van der Waals surface area (Å²) in [5, 5.41) is 6.78. The largest absolute Gasteiger partial charge is 0.379 e. The Morgan fingerprint density at radius 1 is 1.03 bits per heavy atom. The van der Waals surface area contributed by atoms with Crippen LogP contribution in [0.4, 0.5) is 0 Å². The molecule has 0 spiro atoms. The van der Waals surface area contributed by atoms with Crippen molar-refractivity contribution in [2.45, 2.75) is 13.1 Å². The molecule has 3 aromatic rings. The third-order valence-corrected chi connectivity index (χ3v) is 5.41. The second-order valence-corrected chi connectivity index (χ2v) is 7.48. The van der Waals surface area contributed by atoms with Crippen molar-refractivity contribution in [2.24, 2.45) is 4.99 Å². The van der Waals surface area contributed by atoms with Gasteiger partial charge in [0.1, 0.15) is 0 Å². The Hall–Kier alpha value is -2.17. The molecule has 2 N–H and O–H groups in total. The van der Waals surface area contributed by atoms with Crippen molar-refractivity contribution in [2.75, 3.05) is 46.4 Å². The molecule has 0 aliphatic carbocycles. The molecule has 2 heterocycles. The van der Waals surface area contributed by atoms with Crippen molar-refractivity contribution in [3.63, 3.8) is 0 Å². The normalized spacial score (nSPS) is 14.9. The Morgan fingerprint density at radius 2 is 1.77 bits per heavy atom. The van der Waals surface area contributed by atoms with Crippen LogP contribution in [0.5, 0.6) is 0 Å². The van der Waals surface area contributed by atoms with Gasteiger partial charge >= 0.3 is 0 Å². The van der Waals surface area contributed by atoms with Gasteiger partial charge in [-0.15, -0.1) is 24.0 Å². The first kappa shape index (κ1) is 23.5. The quantitative estimate of drug-likeness (QED) is 0.277. The van der Waals surface area contributed by atoms with Crippen LogP contribution in [-0.2, 0) is 17.8 Å². The van der Waals surface area contributed by atoms with Crippen LogP contribution in [0.2, 0.25) is 0 Å². The molecule has 8 heteroatoms. The molecule has 0 amide bonds. The van der Waals surface area contributed by atoms with Crippen LogP contribution in [0.1, 0.15) is 11.1 Å². The summed E-state index contributed by atoms with van der Waals surface area (Å²) >= 11 is 0. The van der Waals surface area contributed by atoms with Gasteiger partial charge in [0.15, 0.2) is 5.96 Å². The molecule has 31 heavy (non-hydrogen) atoms. The van der Waals surface area contributed by atoms with Gasteiger partial charge in [-0.3, -0.25) is 9.89 Å². The Kier molecular flexibility index (Phi) is 9.11. The number of hydrogen-bond donors (Lipinski definition) is 2. The molecule has 1 aliphatic heterocycles. The minimum atomic E-state index is 0. The van der Waals surface area contributed by atoms with E-state index in [2.05, 4.69) is 66.5 Å². The van der Waals surface area contributed by atoms with Gasteiger partial charge in [0, 0.05) is 46.3 Å². The second-order valence-electron chi connectivity index (χ2n) is 7.48. The fraction of sp³-hybridized carbons (Fsp3) is 0.391. The molecule has 166 valence electrons. The molecule has 7 nitrogen and oxygen atoms in total. The van der Waals surface area contributed by atoms with Crippen LogP contribution in [0, 0.1) is 0 Å². The molecule has 0 radical (unpaired) electrons. The lowest BCUT2D eigenvalue weighted by molar-refractivity contribution is 0.0389. The maximum atomic E-state index is 5.39. The first-order chi connectivity index (χ1) is 14.8. The van der Waals surface area contributed by atoms with Crippen LogP contribution in [0.3, 0.4) is 0 Å².